The van der Waals surface area contributed by atoms with Gasteiger partial charge < -0.3 is 14.8 Å². The Morgan fingerprint density at radius 2 is 2.03 bits per heavy atom. The van der Waals surface area contributed by atoms with Crippen molar-refractivity contribution in [2.45, 2.75) is 32.0 Å². The van der Waals surface area contributed by atoms with Crippen LogP contribution in [0.1, 0.15) is 40.6 Å². The number of hydrogen-bond acceptors (Lipinski definition) is 5. The lowest BCUT2D eigenvalue weighted by Gasteiger charge is -2.12. The first-order chi connectivity index (χ1) is 14.2. The number of ether oxygens (including phenoxy) is 2. The Morgan fingerprint density at radius 3 is 2.76 bits per heavy atom. The highest BCUT2D eigenvalue weighted by molar-refractivity contribution is 7.71. The molecule has 2 N–H and O–H groups in total. The van der Waals surface area contributed by atoms with E-state index in [0.29, 0.717) is 41.0 Å². The normalized spacial score (nSPS) is 13.1. The second-order valence-corrected chi connectivity index (χ2v) is 7.26. The van der Waals surface area contributed by atoms with Crippen molar-refractivity contribution in [1.82, 2.24) is 20.1 Å². The average Bonchev–Trinajstić information content (AvgIpc) is 3.53. The van der Waals surface area contributed by atoms with E-state index < -0.39 is 0 Å². The second kappa shape index (κ2) is 8.48. The first-order valence-electron chi connectivity index (χ1n) is 9.44. The van der Waals surface area contributed by atoms with Crippen LogP contribution in [0.25, 0.3) is 0 Å². The fourth-order valence-electron chi connectivity index (χ4n) is 3.10. The zero-order valence-electron chi connectivity index (χ0n) is 16.1. The second-order valence-electron chi connectivity index (χ2n) is 6.87. The molecule has 0 aliphatic heterocycles. The van der Waals surface area contributed by atoms with Crippen LogP contribution in [0, 0.1) is 4.77 Å². The summed E-state index contributed by atoms with van der Waals surface area (Å²) in [5.74, 6) is 1.62. The number of aromatic nitrogens is 3. The van der Waals surface area contributed by atoms with Crippen LogP contribution in [0.2, 0.25) is 0 Å². The number of nitrogens with one attached hydrogen (secondary N) is 2. The van der Waals surface area contributed by atoms with Crippen LogP contribution in [-0.2, 0) is 13.2 Å². The Hall–Kier alpha value is -3.13. The van der Waals surface area contributed by atoms with E-state index in [0.717, 1.165) is 24.2 Å². The van der Waals surface area contributed by atoms with E-state index >= 15 is 0 Å². The number of carbonyl (C=O) groups excluding carboxylic acids is 1. The molecule has 0 bridgehead atoms. The molecule has 8 heteroatoms. The number of rotatable bonds is 8. The molecule has 0 radical (unpaired) electrons. The quantitative estimate of drug-likeness (QED) is 0.552. The molecule has 1 amide bonds. The summed E-state index contributed by atoms with van der Waals surface area (Å²) >= 11 is 5.27. The Kier molecular flexibility index (Phi) is 5.62. The Labute approximate surface area is 173 Å². The third kappa shape index (κ3) is 4.48. The third-order valence-electron chi connectivity index (χ3n) is 4.76. The monoisotopic (exact) mass is 410 g/mol. The van der Waals surface area contributed by atoms with Gasteiger partial charge in [0, 0.05) is 11.6 Å². The summed E-state index contributed by atoms with van der Waals surface area (Å²) in [4.78, 5) is 12.6. The molecule has 2 aromatic carbocycles. The minimum absolute atomic E-state index is 0.214. The molecule has 0 spiro atoms. The van der Waals surface area contributed by atoms with Gasteiger partial charge in [-0.05, 0) is 48.8 Å². The number of benzene rings is 2. The summed E-state index contributed by atoms with van der Waals surface area (Å²) < 4.78 is 13.8. The smallest absolute Gasteiger partial charge is 0.251 e. The van der Waals surface area contributed by atoms with Crippen LogP contribution in [0.15, 0.2) is 48.5 Å². The molecule has 1 heterocycles. The zero-order chi connectivity index (χ0) is 20.2. The van der Waals surface area contributed by atoms with Crippen LogP contribution in [0.4, 0.5) is 0 Å². The van der Waals surface area contributed by atoms with Gasteiger partial charge in [0.1, 0.15) is 6.61 Å². The zero-order valence-corrected chi connectivity index (χ0v) is 16.9. The van der Waals surface area contributed by atoms with Crippen LogP contribution in [-0.4, -0.2) is 27.8 Å². The van der Waals surface area contributed by atoms with Crippen LogP contribution in [0.3, 0.4) is 0 Å². The van der Waals surface area contributed by atoms with Crippen molar-refractivity contribution >= 4 is 18.1 Å². The van der Waals surface area contributed by atoms with Gasteiger partial charge in [0.2, 0.25) is 0 Å². The van der Waals surface area contributed by atoms with Crippen molar-refractivity contribution in [1.29, 1.82) is 0 Å². The topological polar surface area (TPSA) is 81.2 Å². The molecule has 1 aromatic heterocycles. The summed E-state index contributed by atoms with van der Waals surface area (Å²) in [5.41, 5.74) is 1.54. The lowest BCUT2D eigenvalue weighted by molar-refractivity contribution is 0.0949. The first kappa shape index (κ1) is 19.2. The number of carbonyl (C=O) groups is 1. The number of amides is 1. The predicted octanol–water partition coefficient (Wildman–Crippen LogP) is 3.79. The summed E-state index contributed by atoms with van der Waals surface area (Å²) in [6.45, 7) is 0.726. The maximum absolute atomic E-state index is 12.6. The number of nitrogens with zero attached hydrogens (tertiary/aromatic N) is 2. The van der Waals surface area contributed by atoms with Gasteiger partial charge in [-0.3, -0.25) is 14.5 Å². The molecule has 150 valence electrons. The van der Waals surface area contributed by atoms with Crippen molar-refractivity contribution in [3.8, 4) is 11.5 Å². The minimum atomic E-state index is -0.214. The molecule has 29 heavy (non-hydrogen) atoms. The van der Waals surface area contributed by atoms with Gasteiger partial charge in [-0.2, -0.15) is 5.10 Å². The number of aromatic amines is 1. The first-order valence-corrected chi connectivity index (χ1v) is 9.85. The van der Waals surface area contributed by atoms with Gasteiger partial charge in [-0.15, -0.1) is 0 Å². The lowest BCUT2D eigenvalue weighted by atomic mass is 10.2. The summed E-state index contributed by atoms with van der Waals surface area (Å²) in [6.07, 6.45) is 2.19. The molecule has 1 aliphatic rings. The van der Waals surface area contributed by atoms with Crippen LogP contribution < -0.4 is 14.8 Å². The predicted molar refractivity (Wildman–Crippen MR) is 111 cm³/mol. The number of hydrogen-bond donors (Lipinski definition) is 2. The molecule has 1 saturated carbocycles. The molecular formula is C21H22N4O3S. The molecule has 0 atom stereocenters. The standard InChI is InChI=1S/C21H22N4O3S/c1-27-18-11-15(7-10-17(18)28-13-14-5-3-2-4-6-14)20(26)22-12-19-23-24-21(29)25(19)16-8-9-16/h2-7,10-11,16H,8-9,12-13H2,1H3,(H,22,26)(H,24,29). The number of H-pyrrole nitrogens is 1. The average molecular weight is 410 g/mol. The minimum Gasteiger partial charge on any atom is -0.493 e. The van der Waals surface area contributed by atoms with Crippen molar-refractivity contribution < 1.29 is 14.3 Å². The molecule has 3 aromatic rings. The molecule has 4 rings (SSSR count). The van der Waals surface area contributed by atoms with E-state index in [1.165, 1.54) is 0 Å². The van der Waals surface area contributed by atoms with Gasteiger partial charge in [0.15, 0.2) is 22.1 Å². The van der Waals surface area contributed by atoms with Crippen LogP contribution in [0.5, 0.6) is 11.5 Å². The van der Waals surface area contributed by atoms with Crippen molar-refractivity contribution in [3.63, 3.8) is 0 Å². The summed E-state index contributed by atoms with van der Waals surface area (Å²) in [6, 6.07) is 15.4. The van der Waals surface area contributed by atoms with E-state index in [2.05, 4.69) is 15.5 Å². The van der Waals surface area contributed by atoms with Gasteiger partial charge >= 0.3 is 0 Å². The Morgan fingerprint density at radius 1 is 1.24 bits per heavy atom. The van der Waals surface area contributed by atoms with Crippen molar-refractivity contribution in [2.75, 3.05) is 7.11 Å². The highest BCUT2D eigenvalue weighted by atomic mass is 32.1. The van der Waals surface area contributed by atoms with E-state index in [4.69, 9.17) is 21.7 Å². The van der Waals surface area contributed by atoms with E-state index in [1.807, 2.05) is 34.9 Å². The molecule has 7 nitrogen and oxygen atoms in total. The molecular weight excluding hydrogens is 388 g/mol. The fourth-order valence-corrected chi connectivity index (χ4v) is 3.40. The van der Waals surface area contributed by atoms with E-state index in [1.54, 1.807) is 25.3 Å². The summed E-state index contributed by atoms with van der Waals surface area (Å²) in [7, 11) is 1.56. The maximum atomic E-state index is 12.6. The SMILES string of the molecule is COc1cc(C(=O)NCc2n[nH]c(=S)n2C2CC2)ccc1OCc1ccccc1. The van der Waals surface area contributed by atoms with Gasteiger partial charge in [-0.1, -0.05) is 30.3 Å². The van der Waals surface area contributed by atoms with Crippen LogP contribution >= 0.6 is 12.2 Å². The molecule has 1 fully saturated rings. The Balaban J connectivity index is 1.41. The fraction of sp³-hybridized carbons (Fsp3) is 0.286. The van der Waals surface area contributed by atoms with Gasteiger partial charge in [0.05, 0.1) is 13.7 Å². The van der Waals surface area contributed by atoms with Crippen molar-refractivity contribution in [2.24, 2.45) is 0 Å². The highest BCUT2D eigenvalue weighted by Gasteiger charge is 2.27. The van der Waals surface area contributed by atoms with Crippen molar-refractivity contribution in [3.05, 3.63) is 70.3 Å². The lowest BCUT2D eigenvalue weighted by Crippen LogP contribution is -2.24. The molecule has 0 saturated heterocycles. The van der Waals surface area contributed by atoms with E-state index in [-0.39, 0.29) is 5.91 Å². The largest absolute Gasteiger partial charge is 0.493 e. The Bertz CT molecular complexity index is 1060. The number of methoxy groups -OCH3 is 1. The summed E-state index contributed by atoms with van der Waals surface area (Å²) in [5, 5.41) is 9.93. The molecule has 1 aliphatic carbocycles. The maximum Gasteiger partial charge on any atom is 0.251 e. The van der Waals surface area contributed by atoms with Gasteiger partial charge in [-0.25, -0.2) is 0 Å². The molecule has 0 unspecified atom stereocenters. The highest BCUT2D eigenvalue weighted by Crippen LogP contribution is 2.35. The van der Waals surface area contributed by atoms with Gasteiger partial charge in [0.25, 0.3) is 5.91 Å². The third-order valence-corrected chi connectivity index (χ3v) is 5.05. The van der Waals surface area contributed by atoms with E-state index in [9.17, 15) is 4.79 Å².